The van der Waals surface area contributed by atoms with E-state index in [9.17, 15) is 9.90 Å². The third kappa shape index (κ3) is 3.07. The van der Waals surface area contributed by atoms with Gasteiger partial charge in [0.25, 0.3) is 0 Å². The van der Waals surface area contributed by atoms with Gasteiger partial charge in [-0.3, -0.25) is 0 Å². The third-order valence-electron chi connectivity index (χ3n) is 3.76. The highest BCUT2D eigenvalue weighted by Crippen LogP contribution is 2.28. The molecule has 2 N–H and O–H groups in total. The van der Waals surface area contributed by atoms with Gasteiger partial charge in [-0.1, -0.05) is 48.5 Å². The molecule has 6 heteroatoms. The van der Waals surface area contributed by atoms with Gasteiger partial charge in [0.15, 0.2) is 5.13 Å². The molecular weight excluding hydrogens is 334 g/mol. The molecule has 0 bridgehead atoms. The number of carbonyl (C=O) groups is 1. The Morgan fingerprint density at radius 2 is 1.76 bits per heavy atom. The van der Waals surface area contributed by atoms with Crippen LogP contribution in [0.2, 0.25) is 0 Å². The van der Waals surface area contributed by atoms with Crippen LogP contribution < -0.4 is 5.32 Å². The highest BCUT2D eigenvalue weighted by molar-refractivity contribution is 7.14. The van der Waals surface area contributed by atoms with Gasteiger partial charge in [-0.05, 0) is 12.1 Å². The van der Waals surface area contributed by atoms with Gasteiger partial charge in [0.1, 0.15) is 5.82 Å². The predicted octanol–water partition coefficient (Wildman–Crippen LogP) is 4.80. The van der Waals surface area contributed by atoms with Crippen LogP contribution in [0, 0.1) is 0 Å². The molecule has 0 atom stereocenters. The molecule has 0 aliphatic rings. The fraction of sp³-hybridized carbons (Fsp3) is 0. The predicted molar refractivity (Wildman–Crippen MR) is 99.5 cm³/mol. The van der Waals surface area contributed by atoms with Crippen LogP contribution in [0.25, 0.3) is 22.2 Å². The van der Waals surface area contributed by atoms with Gasteiger partial charge in [-0.2, -0.15) is 0 Å². The Kier molecular flexibility index (Phi) is 3.87. The molecule has 25 heavy (non-hydrogen) atoms. The first-order valence-electron chi connectivity index (χ1n) is 7.62. The van der Waals surface area contributed by atoms with Crippen molar-refractivity contribution in [3.05, 3.63) is 71.6 Å². The van der Waals surface area contributed by atoms with E-state index in [0.717, 1.165) is 11.3 Å². The number of anilines is 2. The topological polar surface area (TPSA) is 75.1 Å². The van der Waals surface area contributed by atoms with Crippen LogP contribution in [-0.4, -0.2) is 21.0 Å². The average molecular weight is 347 g/mol. The molecule has 0 spiro atoms. The number of aromatic nitrogens is 2. The Labute approximate surface area is 147 Å². The Morgan fingerprint density at radius 3 is 2.56 bits per heavy atom. The second-order valence-electron chi connectivity index (χ2n) is 5.41. The van der Waals surface area contributed by atoms with Crippen molar-refractivity contribution in [3.8, 4) is 11.3 Å². The fourth-order valence-electron chi connectivity index (χ4n) is 2.60. The third-order valence-corrected chi connectivity index (χ3v) is 4.51. The highest BCUT2D eigenvalue weighted by Gasteiger charge is 2.12. The molecule has 0 saturated heterocycles. The van der Waals surface area contributed by atoms with E-state index in [0.29, 0.717) is 21.9 Å². The van der Waals surface area contributed by atoms with E-state index in [1.165, 1.54) is 17.4 Å². The maximum atomic E-state index is 11.5. The van der Waals surface area contributed by atoms with E-state index >= 15 is 0 Å². The first-order valence-corrected chi connectivity index (χ1v) is 8.50. The number of hydrogen-bond acceptors (Lipinski definition) is 5. The van der Waals surface area contributed by atoms with Gasteiger partial charge in [0.2, 0.25) is 0 Å². The molecule has 0 saturated carbocycles. The number of pyridine rings is 1. The van der Waals surface area contributed by atoms with Gasteiger partial charge < -0.3 is 10.4 Å². The highest BCUT2D eigenvalue weighted by atomic mass is 32.1. The molecule has 0 aliphatic heterocycles. The van der Waals surface area contributed by atoms with Crippen LogP contribution in [0.3, 0.4) is 0 Å². The number of nitrogens with one attached hydrogen (secondary N) is 1. The van der Waals surface area contributed by atoms with Crippen molar-refractivity contribution in [2.45, 2.75) is 0 Å². The van der Waals surface area contributed by atoms with Crippen LogP contribution in [-0.2, 0) is 0 Å². The lowest BCUT2D eigenvalue weighted by atomic mass is 10.1. The molecule has 0 amide bonds. The number of aromatic carboxylic acids is 1. The summed E-state index contributed by atoms with van der Waals surface area (Å²) in [6.07, 6.45) is 0. The first-order chi connectivity index (χ1) is 12.2. The summed E-state index contributed by atoms with van der Waals surface area (Å²) < 4.78 is 0. The van der Waals surface area contributed by atoms with Gasteiger partial charge in [-0.25, -0.2) is 14.8 Å². The number of nitrogens with zero attached hydrogens (tertiary/aromatic N) is 2. The fourth-order valence-corrected chi connectivity index (χ4v) is 3.33. The van der Waals surface area contributed by atoms with Crippen molar-refractivity contribution >= 4 is 39.2 Å². The maximum absolute atomic E-state index is 11.5. The number of hydrogen-bond donors (Lipinski definition) is 2. The Hall–Kier alpha value is -3.25. The lowest BCUT2D eigenvalue weighted by Gasteiger charge is -2.07. The molecule has 2 heterocycles. The number of fused-ring (bicyclic) bond motifs is 1. The van der Waals surface area contributed by atoms with Crippen molar-refractivity contribution in [1.29, 1.82) is 0 Å². The van der Waals surface area contributed by atoms with Gasteiger partial charge in [-0.15, -0.1) is 11.3 Å². The van der Waals surface area contributed by atoms with Crippen molar-refractivity contribution in [2.75, 3.05) is 5.32 Å². The molecule has 0 unspecified atom stereocenters. The summed E-state index contributed by atoms with van der Waals surface area (Å²) in [6.45, 7) is 0. The first kappa shape index (κ1) is 15.3. The number of para-hydroxylation sites is 1. The normalized spacial score (nSPS) is 10.7. The second-order valence-corrected chi connectivity index (χ2v) is 6.26. The van der Waals surface area contributed by atoms with Crippen molar-refractivity contribution in [1.82, 2.24) is 9.97 Å². The molecule has 2 aromatic heterocycles. The van der Waals surface area contributed by atoms with E-state index in [1.807, 2.05) is 41.8 Å². The monoisotopic (exact) mass is 347 g/mol. The Morgan fingerprint density at radius 1 is 1.00 bits per heavy atom. The quantitative estimate of drug-likeness (QED) is 0.554. The second kappa shape index (κ2) is 6.33. The molecule has 0 fully saturated rings. The minimum atomic E-state index is -0.981. The average Bonchev–Trinajstić information content (AvgIpc) is 3.10. The molecule has 0 radical (unpaired) electrons. The molecule has 0 aliphatic carbocycles. The zero-order valence-corrected chi connectivity index (χ0v) is 13.8. The minimum Gasteiger partial charge on any atom is -0.478 e. The molecule has 4 rings (SSSR count). The van der Waals surface area contributed by atoms with E-state index in [2.05, 4.69) is 15.3 Å². The molecule has 5 nitrogen and oxygen atoms in total. The number of carboxylic acid groups (broad SMARTS) is 1. The Balaban J connectivity index is 1.69. The zero-order valence-electron chi connectivity index (χ0n) is 13.0. The lowest BCUT2D eigenvalue weighted by Crippen LogP contribution is -2.02. The lowest BCUT2D eigenvalue weighted by molar-refractivity contribution is 0.0699. The maximum Gasteiger partial charge on any atom is 0.336 e. The van der Waals surface area contributed by atoms with Gasteiger partial charge >= 0.3 is 5.97 Å². The number of carboxylic acids is 1. The summed E-state index contributed by atoms with van der Waals surface area (Å²) in [6, 6.07) is 18.6. The summed E-state index contributed by atoms with van der Waals surface area (Å²) >= 11 is 1.45. The molecular formula is C19H13N3O2S. The number of thiazole rings is 1. The summed E-state index contributed by atoms with van der Waals surface area (Å²) in [4.78, 5) is 20.6. The van der Waals surface area contributed by atoms with Crippen molar-refractivity contribution in [2.24, 2.45) is 0 Å². The summed E-state index contributed by atoms with van der Waals surface area (Å²) in [7, 11) is 0. The van der Waals surface area contributed by atoms with Crippen molar-refractivity contribution in [3.63, 3.8) is 0 Å². The summed E-state index contributed by atoms with van der Waals surface area (Å²) in [5, 5.41) is 15.8. The number of rotatable bonds is 4. The van der Waals surface area contributed by atoms with E-state index in [-0.39, 0.29) is 5.56 Å². The summed E-state index contributed by atoms with van der Waals surface area (Å²) in [5.41, 5.74) is 2.74. The molecule has 4 aromatic rings. The summed E-state index contributed by atoms with van der Waals surface area (Å²) in [5.74, 6) is -0.518. The Bertz CT molecular complexity index is 1060. The SMILES string of the molecule is O=C(O)c1cc(Nc2nc(-c3ccccc3)cs2)nc2ccccc12. The van der Waals surface area contributed by atoms with Crippen LogP contribution >= 0.6 is 11.3 Å². The minimum absolute atomic E-state index is 0.216. The largest absolute Gasteiger partial charge is 0.478 e. The van der Waals surface area contributed by atoms with Crippen LogP contribution in [0.4, 0.5) is 10.9 Å². The number of benzene rings is 2. The zero-order chi connectivity index (χ0) is 17.2. The van der Waals surface area contributed by atoms with Crippen LogP contribution in [0.15, 0.2) is 66.0 Å². The molecule has 2 aromatic carbocycles. The molecule has 122 valence electrons. The van der Waals surface area contributed by atoms with Crippen LogP contribution in [0.1, 0.15) is 10.4 Å². The van der Waals surface area contributed by atoms with Crippen LogP contribution in [0.5, 0.6) is 0 Å². The van der Waals surface area contributed by atoms with Gasteiger partial charge in [0.05, 0.1) is 16.8 Å². The van der Waals surface area contributed by atoms with E-state index in [4.69, 9.17) is 0 Å². The standard InChI is InChI=1S/C19H13N3O2S/c23-18(24)14-10-17(20-15-9-5-4-8-13(14)15)22-19-21-16(11-25-19)12-6-2-1-3-7-12/h1-11H,(H,23,24)(H,20,21,22). The van der Waals surface area contributed by atoms with E-state index in [1.54, 1.807) is 18.2 Å². The van der Waals surface area contributed by atoms with E-state index < -0.39 is 5.97 Å². The van der Waals surface area contributed by atoms with Gasteiger partial charge in [0, 0.05) is 16.3 Å². The van der Waals surface area contributed by atoms with Crippen molar-refractivity contribution < 1.29 is 9.90 Å². The smallest absolute Gasteiger partial charge is 0.336 e.